The Morgan fingerprint density at radius 1 is 0.778 bits per heavy atom. The molecule has 0 aliphatic rings. The Labute approximate surface area is 108 Å². The zero-order valence-corrected chi connectivity index (χ0v) is 11.4. The van der Waals surface area contributed by atoms with Gasteiger partial charge in [0.15, 0.2) is 11.9 Å². The average molecular weight is 236 g/mol. The molecule has 0 amide bonds. The summed E-state index contributed by atoms with van der Waals surface area (Å²) in [5.41, 5.74) is 4.04. The summed E-state index contributed by atoms with van der Waals surface area (Å²) in [5, 5.41) is 5.39. The summed E-state index contributed by atoms with van der Waals surface area (Å²) in [4.78, 5) is 0. The van der Waals surface area contributed by atoms with Gasteiger partial charge in [0, 0.05) is 23.8 Å². The van der Waals surface area contributed by atoms with Crippen LogP contribution in [-0.2, 0) is 7.05 Å². The molecular formula is C17H18N+. The van der Waals surface area contributed by atoms with Crippen LogP contribution in [0.15, 0.2) is 36.5 Å². The zero-order chi connectivity index (χ0) is 12.9. The van der Waals surface area contributed by atoms with Crippen LogP contribution in [0.25, 0.3) is 21.5 Å². The Morgan fingerprint density at radius 2 is 1.50 bits per heavy atom. The predicted molar refractivity (Wildman–Crippen MR) is 76.8 cm³/mol. The third-order valence-electron chi connectivity index (χ3n) is 4.06. The van der Waals surface area contributed by atoms with Crippen LogP contribution in [0.1, 0.15) is 16.8 Å². The highest BCUT2D eigenvalue weighted by Crippen LogP contribution is 2.28. The predicted octanol–water partition coefficient (Wildman–Crippen LogP) is 3.74. The van der Waals surface area contributed by atoms with Crippen molar-refractivity contribution in [2.75, 3.05) is 0 Å². The minimum atomic E-state index is 1.31. The van der Waals surface area contributed by atoms with E-state index < -0.39 is 0 Å². The van der Waals surface area contributed by atoms with E-state index in [1.165, 1.54) is 38.4 Å². The van der Waals surface area contributed by atoms with Crippen molar-refractivity contribution < 1.29 is 4.57 Å². The standard InChI is InChI=1S/C17H18N/c1-11-9-14-5-6-15-13(3)18(4)8-7-16(15)17(14)10-12(11)2/h5-10H,1-4H3/q+1. The van der Waals surface area contributed by atoms with Crippen LogP contribution in [0.2, 0.25) is 0 Å². The molecule has 0 atom stereocenters. The Balaban J connectivity index is 2.54. The maximum absolute atomic E-state index is 2.31. The molecule has 2 aromatic carbocycles. The van der Waals surface area contributed by atoms with Crippen molar-refractivity contribution in [1.29, 1.82) is 0 Å². The quantitative estimate of drug-likeness (QED) is 0.413. The molecule has 1 aromatic heterocycles. The number of hydrogen-bond donors (Lipinski definition) is 0. The first kappa shape index (κ1) is 11.2. The Bertz CT molecular complexity index is 770. The molecule has 0 bridgehead atoms. The molecule has 0 N–H and O–H groups in total. The summed E-state index contributed by atoms with van der Waals surface area (Å²) in [5.74, 6) is 0. The molecule has 0 fully saturated rings. The van der Waals surface area contributed by atoms with E-state index in [0.717, 1.165) is 0 Å². The Kier molecular flexibility index (Phi) is 2.37. The molecule has 0 aliphatic carbocycles. The second-order valence-corrected chi connectivity index (χ2v) is 5.20. The van der Waals surface area contributed by atoms with Gasteiger partial charge in [-0.2, -0.15) is 0 Å². The number of nitrogens with zero attached hydrogens (tertiary/aromatic N) is 1. The molecule has 1 heterocycles. The van der Waals surface area contributed by atoms with Gasteiger partial charge in [-0.25, -0.2) is 4.57 Å². The van der Waals surface area contributed by atoms with Gasteiger partial charge in [-0.1, -0.05) is 18.2 Å². The van der Waals surface area contributed by atoms with Gasteiger partial charge >= 0.3 is 0 Å². The van der Waals surface area contributed by atoms with Crippen molar-refractivity contribution in [2.45, 2.75) is 20.8 Å². The van der Waals surface area contributed by atoms with Crippen molar-refractivity contribution in [3.8, 4) is 0 Å². The lowest BCUT2D eigenvalue weighted by molar-refractivity contribution is -0.676. The number of pyridine rings is 1. The third-order valence-corrected chi connectivity index (χ3v) is 4.06. The van der Waals surface area contributed by atoms with Gasteiger partial charge in [0.25, 0.3) is 0 Å². The molecule has 18 heavy (non-hydrogen) atoms. The molecule has 1 nitrogen and oxygen atoms in total. The van der Waals surface area contributed by atoms with Gasteiger partial charge < -0.3 is 0 Å². The van der Waals surface area contributed by atoms with E-state index in [0.29, 0.717) is 0 Å². The van der Waals surface area contributed by atoms with Gasteiger partial charge in [-0.05, 0) is 41.8 Å². The molecule has 1 heteroatoms. The van der Waals surface area contributed by atoms with Crippen LogP contribution < -0.4 is 4.57 Å². The van der Waals surface area contributed by atoms with Gasteiger partial charge in [0.1, 0.15) is 7.05 Å². The monoisotopic (exact) mass is 236 g/mol. The summed E-state index contributed by atoms with van der Waals surface area (Å²) in [6.45, 7) is 6.54. The van der Waals surface area contributed by atoms with Crippen LogP contribution in [0.3, 0.4) is 0 Å². The Morgan fingerprint density at radius 3 is 2.28 bits per heavy atom. The number of aryl methyl sites for hydroxylation is 4. The second-order valence-electron chi connectivity index (χ2n) is 5.20. The first-order valence-electron chi connectivity index (χ1n) is 6.37. The lowest BCUT2D eigenvalue weighted by Crippen LogP contribution is -2.31. The third kappa shape index (κ3) is 1.51. The highest BCUT2D eigenvalue weighted by molar-refractivity contribution is 6.08. The lowest BCUT2D eigenvalue weighted by atomic mass is 9.97. The fraction of sp³-hybridized carbons (Fsp3) is 0.235. The topological polar surface area (TPSA) is 3.88 Å². The number of hydrogen-bond acceptors (Lipinski definition) is 0. The van der Waals surface area contributed by atoms with Crippen molar-refractivity contribution in [3.63, 3.8) is 0 Å². The second kappa shape index (κ2) is 3.81. The number of fused-ring (bicyclic) bond motifs is 3. The number of aromatic nitrogens is 1. The number of rotatable bonds is 0. The molecule has 0 saturated carbocycles. The van der Waals surface area contributed by atoms with E-state index >= 15 is 0 Å². The Hall–Kier alpha value is -1.89. The van der Waals surface area contributed by atoms with E-state index in [-0.39, 0.29) is 0 Å². The van der Waals surface area contributed by atoms with Crippen molar-refractivity contribution in [3.05, 3.63) is 53.3 Å². The molecule has 0 radical (unpaired) electrons. The summed E-state index contributed by atoms with van der Waals surface area (Å²) < 4.78 is 2.18. The van der Waals surface area contributed by atoms with Crippen LogP contribution >= 0.6 is 0 Å². The van der Waals surface area contributed by atoms with Gasteiger partial charge in [0.05, 0.1) is 0 Å². The van der Waals surface area contributed by atoms with E-state index in [1.54, 1.807) is 0 Å². The normalized spacial score (nSPS) is 11.3. The average Bonchev–Trinajstić information content (AvgIpc) is 2.35. The van der Waals surface area contributed by atoms with Crippen molar-refractivity contribution in [1.82, 2.24) is 0 Å². The van der Waals surface area contributed by atoms with Crippen LogP contribution in [0, 0.1) is 20.8 Å². The van der Waals surface area contributed by atoms with Crippen molar-refractivity contribution >= 4 is 21.5 Å². The van der Waals surface area contributed by atoms with E-state index in [2.05, 4.69) is 68.9 Å². The molecule has 90 valence electrons. The SMILES string of the molecule is Cc1cc2ccc3c(C)[n+](C)ccc3c2cc1C. The molecule has 3 aromatic rings. The summed E-state index contributed by atoms with van der Waals surface area (Å²) in [6.07, 6.45) is 2.15. The molecule has 0 saturated heterocycles. The smallest absolute Gasteiger partial charge is 0.185 e. The molecular weight excluding hydrogens is 218 g/mol. The summed E-state index contributed by atoms with van der Waals surface area (Å²) in [6, 6.07) is 11.3. The van der Waals surface area contributed by atoms with E-state index in [1.807, 2.05) is 0 Å². The molecule has 0 unspecified atom stereocenters. The van der Waals surface area contributed by atoms with Crippen LogP contribution in [-0.4, -0.2) is 0 Å². The largest absolute Gasteiger partial charge is 0.205 e. The minimum Gasteiger partial charge on any atom is -0.205 e. The molecule has 0 aliphatic heterocycles. The fourth-order valence-corrected chi connectivity index (χ4v) is 2.60. The van der Waals surface area contributed by atoms with Gasteiger partial charge in [-0.15, -0.1) is 0 Å². The van der Waals surface area contributed by atoms with E-state index in [9.17, 15) is 0 Å². The first-order valence-corrected chi connectivity index (χ1v) is 6.37. The summed E-state index contributed by atoms with van der Waals surface area (Å²) >= 11 is 0. The minimum absolute atomic E-state index is 1.31. The molecule has 3 rings (SSSR count). The fourth-order valence-electron chi connectivity index (χ4n) is 2.60. The summed E-state index contributed by atoms with van der Waals surface area (Å²) in [7, 11) is 2.10. The zero-order valence-electron chi connectivity index (χ0n) is 11.4. The maximum Gasteiger partial charge on any atom is 0.185 e. The van der Waals surface area contributed by atoms with Crippen LogP contribution in [0.5, 0.6) is 0 Å². The lowest BCUT2D eigenvalue weighted by Gasteiger charge is -2.08. The highest BCUT2D eigenvalue weighted by atomic mass is 14.9. The van der Waals surface area contributed by atoms with Gasteiger partial charge in [0.2, 0.25) is 0 Å². The van der Waals surface area contributed by atoms with Gasteiger partial charge in [-0.3, -0.25) is 0 Å². The highest BCUT2D eigenvalue weighted by Gasteiger charge is 2.10. The van der Waals surface area contributed by atoms with E-state index in [4.69, 9.17) is 0 Å². The first-order chi connectivity index (χ1) is 8.58. The number of benzene rings is 2. The molecule has 0 spiro atoms. The van der Waals surface area contributed by atoms with Crippen LogP contribution in [0.4, 0.5) is 0 Å². The maximum atomic E-state index is 2.31. The van der Waals surface area contributed by atoms with Crippen molar-refractivity contribution in [2.24, 2.45) is 7.05 Å².